The number of sulfonamides is 1. The molecule has 2 rings (SSSR count). The molecule has 0 radical (unpaired) electrons. The van der Waals surface area contributed by atoms with Crippen molar-refractivity contribution < 1.29 is 18.0 Å². The van der Waals surface area contributed by atoms with E-state index in [-0.39, 0.29) is 17.2 Å². The van der Waals surface area contributed by atoms with Crippen LogP contribution in [0.3, 0.4) is 0 Å². The Labute approximate surface area is 147 Å². The van der Waals surface area contributed by atoms with E-state index in [1.807, 2.05) is 30.3 Å². The minimum absolute atomic E-state index is 0.0378. The van der Waals surface area contributed by atoms with Crippen molar-refractivity contribution in [3.63, 3.8) is 0 Å². The van der Waals surface area contributed by atoms with Gasteiger partial charge in [-0.05, 0) is 24.6 Å². The fourth-order valence-electron chi connectivity index (χ4n) is 2.18. The summed E-state index contributed by atoms with van der Waals surface area (Å²) in [5.41, 5.74) is 1.36. The molecule has 1 amide bonds. The number of carbonyl (C=O) groups is 2. The second kappa shape index (κ2) is 8.04. The van der Waals surface area contributed by atoms with E-state index in [2.05, 4.69) is 5.32 Å². The molecule has 0 aliphatic carbocycles. The highest BCUT2D eigenvalue weighted by Gasteiger charge is 2.23. The number of benzene rings is 2. The minimum atomic E-state index is -3.80. The predicted octanol–water partition coefficient (Wildman–Crippen LogP) is 1.83. The maximum absolute atomic E-state index is 12.5. The van der Waals surface area contributed by atoms with E-state index in [1.54, 1.807) is 0 Å². The zero-order valence-corrected chi connectivity index (χ0v) is 14.9. The highest BCUT2D eigenvalue weighted by molar-refractivity contribution is 7.89. The van der Waals surface area contributed by atoms with E-state index < -0.39 is 15.9 Å². The van der Waals surface area contributed by atoms with Gasteiger partial charge in [-0.15, -0.1) is 0 Å². The first-order valence-corrected chi connectivity index (χ1v) is 9.12. The number of amides is 1. The number of carbonyl (C=O) groups excluding carboxylic acids is 2. The van der Waals surface area contributed by atoms with Crippen LogP contribution in [0.2, 0.25) is 0 Å². The SMILES string of the molecule is CC(=O)c1ccc(S(=O)(=O)N(C)CC(=O)NCc2ccccc2)cc1. The average molecular weight is 360 g/mol. The fraction of sp³-hybridized carbons (Fsp3) is 0.222. The number of ketones is 1. The summed E-state index contributed by atoms with van der Waals surface area (Å²) in [5, 5.41) is 2.69. The van der Waals surface area contributed by atoms with Crippen molar-refractivity contribution in [1.82, 2.24) is 9.62 Å². The van der Waals surface area contributed by atoms with Gasteiger partial charge in [-0.1, -0.05) is 42.5 Å². The van der Waals surface area contributed by atoms with Gasteiger partial charge in [-0.25, -0.2) is 8.42 Å². The third kappa shape index (κ3) is 4.98. The molecule has 0 fully saturated rings. The molecule has 0 aliphatic heterocycles. The third-order valence-corrected chi connectivity index (χ3v) is 5.49. The van der Waals surface area contributed by atoms with E-state index >= 15 is 0 Å². The molecule has 7 heteroatoms. The largest absolute Gasteiger partial charge is 0.351 e. The lowest BCUT2D eigenvalue weighted by Crippen LogP contribution is -2.38. The molecular formula is C18H20N2O4S. The smallest absolute Gasteiger partial charge is 0.243 e. The normalized spacial score (nSPS) is 11.3. The highest BCUT2D eigenvalue weighted by Crippen LogP contribution is 2.15. The predicted molar refractivity (Wildman–Crippen MR) is 94.6 cm³/mol. The van der Waals surface area contributed by atoms with Gasteiger partial charge in [-0.3, -0.25) is 9.59 Å². The van der Waals surface area contributed by atoms with Crippen LogP contribution in [0.15, 0.2) is 59.5 Å². The summed E-state index contributed by atoms with van der Waals surface area (Å²) in [6, 6.07) is 15.0. The van der Waals surface area contributed by atoms with Crippen LogP contribution in [0, 0.1) is 0 Å². The molecular weight excluding hydrogens is 340 g/mol. The molecule has 0 spiro atoms. The van der Waals surface area contributed by atoms with E-state index in [0.717, 1.165) is 9.87 Å². The second-order valence-corrected chi connectivity index (χ2v) is 7.65. The summed E-state index contributed by atoms with van der Waals surface area (Å²) >= 11 is 0. The molecule has 0 saturated heterocycles. The molecule has 0 bridgehead atoms. The molecule has 25 heavy (non-hydrogen) atoms. The van der Waals surface area contributed by atoms with Gasteiger partial charge in [0.15, 0.2) is 5.78 Å². The lowest BCUT2D eigenvalue weighted by atomic mass is 10.2. The molecule has 0 aliphatic rings. The molecule has 132 valence electrons. The van der Waals surface area contributed by atoms with Gasteiger partial charge in [-0.2, -0.15) is 4.31 Å². The van der Waals surface area contributed by atoms with Crippen molar-refractivity contribution in [3.8, 4) is 0 Å². The molecule has 0 unspecified atom stereocenters. The van der Waals surface area contributed by atoms with Gasteiger partial charge in [0, 0.05) is 19.2 Å². The second-order valence-electron chi connectivity index (χ2n) is 5.60. The Morgan fingerprint density at radius 3 is 2.16 bits per heavy atom. The van der Waals surface area contributed by atoms with Crippen molar-refractivity contribution in [1.29, 1.82) is 0 Å². The monoisotopic (exact) mass is 360 g/mol. The molecule has 0 saturated carbocycles. The zero-order valence-electron chi connectivity index (χ0n) is 14.1. The van der Waals surface area contributed by atoms with Crippen LogP contribution >= 0.6 is 0 Å². The number of Topliss-reactive ketones (excluding diaryl/α,β-unsaturated/α-hetero) is 1. The first-order valence-electron chi connectivity index (χ1n) is 7.68. The van der Waals surface area contributed by atoms with Crippen LogP contribution in [0.1, 0.15) is 22.8 Å². The van der Waals surface area contributed by atoms with Crippen molar-refractivity contribution in [2.24, 2.45) is 0 Å². The quantitative estimate of drug-likeness (QED) is 0.764. The minimum Gasteiger partial charge on any atom is -0.351 e. The number of rotatable bonds is 7. The Morgan fingerprint density at radius 1 is 1.00 bits per heavy atom. The van der Waals surface area contributed by atoms with Crippen molar-refractivity contribution in [3.05, 3.63) is 65.7 Å². The summed E-state index contributed by atoms with van der Waals surface area (Å²) < 4.78 is 26.0. The number of nitrogens with one attached hydrogen (secondary N) is 1. The standard InChI is InChI=1S/C18H20N2O4S/c1-14(21)16-8-10-17(11-9-16)25(23,24)20(2)13-18(22)19-12-15-6-4-3-5-7-15/h3-11H,12-13H2,1-2H3,(H,19,22). The van der Waals surface area contributed by atoms with Crippen LogP contribution in [-0.2, 0) is 21.4 Å². The Kier molecular flexibility index (Phi) is 6.06. The third-order valence-electron chi connectivity index (χ3n) is 3.67. The van der Waals surface area contributed by atoms with Gasteiger partial charge >= 0.3 is 0 Å². The molecule has 0 heterocycles. The summed E-state index contributed by atoms with van der Waals surface area (Å²) in [6.07, 6.45) is 0. The topological polar surface area (TPSA) is 83.6 Å². The van der Waals surface area contributed by atoms with Crippen molar-refractivity contribution >= 4 is 21.7 Å². The maximum atomic E-state index is 12.5. The molecule has 2 aromatic carbocycles. The van der Waals surface area contributed by atoms with E-state index in [1.165, 1.54) is 38.2 Å². The highest BCUT2D eigenvalue weighted by atomic mass is 32.2. The number of likely N-dealkylation sites (N-methyl/N-ethyl adjacent to an activating group) is 1. The Morgan fingerprint density at radius 2 is 1.60 bits per heavy atom. The van der Waals surface area contributed by atoms with Crippen LogP contribution in [0.4, 0.5) is 0 Å². The van der Waals surface area contributed by atoms with Gasteiger partial charge in [0.2, 0.25) is 15.9 Å². The van der Waals surface area contributed by atoms with Gasteiger partial charge in [0.05, 0.1) is 11.4 Å². The van der Waals surface area contributed by atoms with Crippen molar-refractivity contribution in [2.45, 2.75) is 18.4 Å². The summed E-state index contributed by atoms with van der Waals surface area (Å²) in [5.74, 6) is -0.534. The van der Waals surface area contributed by atoms with Gasteiger partial charge in [0.1, 0.15) is 0 Å². The molecule has 0 aromatic heterocycles. The Hall–Kier alpha value is -2.51. The summed E-state index contributed by atoms with van der Waals surface area (Å²) in [7, 11) is -2.45. The van der Waals surface area contributed by atoms with E-state index in [0.29, 0.717) is 12.1 Å². The lowest BCUT2D eigenvalue weighted by molar-refractivity contribution is -0.121. The number of nitrogens with zero attached hydrogens (tertiary/aromatic N) is 1. The first-order chi connectivity index (χ1) is 11.8. The lowest BCUT2D eigenvalue weighted by Gasteiger charge is -2.17. The fourth-order valence-corrected chi connectivity index (χ4v) is 3.31. The Balaban J connectivity index is 1.99. The van der Waals surface area contributed by atoms with Crippen LogP contribution in [0.25, 0.3) is 0 Å². The van der Waals surface area contributed by atoms with Crippen LogP contribution in [-0.4, -0.2) is 38.0 Å². The van der Waals surface area contributed by atoms with Gasteiger partial charge in [0.25, 0.3) is 0 Å². The van der Waals surface area contributed by atoms with E-state index in [9.17, 15) is 18.0 Å². The molecule has 2 aromatic rings. The first kappa shape index (κ1) is 18.8. The molecule has 0 atom stereocenters. The summed E-state index contributed by atoms with van der Waals surface area (Å²) in [6.45, 7) is 1.46. The van der Waals surface area contributed by atoms with E-state index in [4.69, 9.17) is 0 Å². The number of hydrogen-bond acceptors (Lipinski definition) is 4. The average Bonchev–Trinajstić information content (AvgIpc) is 2.60. The summed E-state index contributed by atoms with van der Waals surface area (Å²) in [4.78, 5) is 23.3. The Bertz CT molecular complexity index is 846. The zero-order chi connectivity index (χ0) is 18.4. The van der Waals surface area contributed by atoms with Crippen LogP contribution in [0.5, 0.6) is 0 Å². The number of hydrogen-bond donors (Lipinski definition) is 1. The maximum Gasteiger partial charge on any atom is 0.243 e. The van der Waals surface area contributed by atoms with Gasteiger partial charge < -0.3 is 5.32 Å². The van der Waals surface area contributed by atoms with Crippen molar-refractivity contribution in [2.75, 3.05) is 13.6 Å². The molecule has 1 N–H and O–H groups in total. The van der Waals surface area contributed by atoms with Crippen LogP contribution < -0.4 is 5.32 Å². The molecule has 6 nitrogen and oxygen atoms in total.